The first-order chi connectivity index (χ1) is 14.1. The minimum absolute atomic E-state index is 0.0222. The van der Waals surface area contributed by atoms with E-state index < -0.39 is 0 Å². The third-order valence-electron chi connectivity index (χ3n) is 5.30. The molecule has 0 spiro atoms. The Morgan fingerprint density at radius 3 is 2.69 bits per heavy atom. The van der Waals surface area contributed by atoms with Crippen molar-refractivity contribution in [2.45, 2.75) is 6.04 Å². The largest absolute Gasteiger partial charge is 0.733 e. The predicted octanol–water partition coefficient (Wildman–Crippen LogP) is 5.12. The van der Waals surface area contributed by atoms with Crippen LogP contribution in [0.1, 0.15) is 17.2 Å². The van der Waals surface area contributed by atoms with E-state index in [1.807, 2.05) is 53.5 Å². The molecule has 2 heterocycles. The SMILES string of the molecule is [O-]N(O)c1cccc(C2=NN(c3ccccc3)C3c4cc(Br)ccc4OCC23)c1. The summed E-state index contributed by atoms with van der Waals surface area (Å²) in [5.41, 5.74) is 3.82. The Labute approximate surface area is 176 Å². The first-order valence-electron chi connectivity index (χ1n) is 9.23. The molecule has 3 aromatic rings. The number of nitrogens with zero attached hydrogens (tertiary/aromatic N) is 3. The van der Waals surface area contributed by atoms with Gasteiger partial charge in [-0.2, -0.15) is 5.10 Å². The molecule has 2 aliphatic heterocycles. The van der Waals surface area contributed by atoms with Gasteiger partial charge < -0.3 is 15.2 Å². The molecular weight excluding hydrogens is 434 g/mol. The highest BCUT2D eigenvalue weighted by atomic mass is 79.9. The topological polar surface area (TPSA) is 71.4 Å². The summed E-state index contributed by atoms with van der Waals surface area (Å²) in [6.45, 7) is 0.478. The van der Waals surface area contributed by atoms with E-state index in [4.69, 9.17) is 9.84 Å². The number of anilines is 2. The smallest absolute Gasteiger partial charge is 0.124 e. The lowest BCUT2D eigenvalue weighted by Gasteiger charge is -2.34. The van der Waals surface area contributed by atoms with Crippen molar-refractivity contribution in [3.63, 3.8) is 0 Å². The number of ether oxygens (including phenoxy) is 1. The lowest BCUT2D eigenvalue weighted by molar-refractivity contribution is 0.239. The highest BCUT2D eigenvalue weighted by molar-refractivity contribution is 9.10. The lowest BCUT2D eigenvalue weighted by Crippen LogP contribution is -2.34. The van der Waals surface area contributed by atoms with Crippen LogP contribution in [0.15, 0.2) is 82.4 Å². The quantitative estimate of drug-likeness (QED) is 0.560. The maximum Gasteiger partial charge on any atom is 0.124 e. The normalized spacial score (nSPS) is 19.8. The average Bonchev–Trinajstić information content (AvgIpc) is 3.14. The first-order valence-corrected chi connectivity index (χ1v) is 10.0. The van der Waals surface area contributed by atoms with Gasteiger partial charge in [0.25, 0.3) is 0 Å². The Morgan fingerprint density at radius 2 is 1.90 bits per heavy atom. The summed E-state index contributed by atoms with van der Waals surface area (Å²) in [7, 11) is 0. The van der Waals surface area contributed by atoms with Gasteiger partial charge in [0.1, 0.15) is 5.75 Å². The molecule has 5 rings (SSSR count). The van der Waals surface area contributed by atoms with Crippen LogP contribution >= 0.6 is 15.9 Å². The second-order valence-electron chi connectivity index (χ2n) is 7.03. The van der Waals surface area contributed by atoms with E-state index in [2.05, 4.69) is 22.0 Å². The molecule has 2 aliphatic rings. The van der Waals surface area contributed by atoms with Gasteiger partial charge in [-0.3, -0.25) is 10.2 Å². The summed E-state index contributed by atoms with van der Waals surface area (Å²) >= 11 is 3.57. The summed E-state index contributed by atoms with van der Waals surface area (Å²) in [5.74, 6) is 0.827. The lowest BCUT2D eigenvalue weighted by atomic mass is 9.85. The average molecular weight is 451 g/mol. The minimum Gasteiger partial charge on any atom is -0.733 e. The number of fused-ring (bicyclic) bond motifs is 3. The summed E-state index contributed by atoms with van der Waals surface area (Å²) < 4.78 is 7.03. The number of halogens is 1. The maximum atomic E-state index is 11.4. The van der Waals surface area contributed by atoms with Gasteiger partial charge in [-0.1, -0.05) is 46.3 Å². The van der Waals surface area contributed by atoms with Crippen LogP contribution in [0.25, 0.3) is 0 Å². The number of hydrogen-bond donors (Lipinski definition) is 1. The minimum atomic E-state index is -0.130. The molecule has 0 amide bonds. The number of benzene rings is 3. The highest BCUT2D eigenvalue weighted by Gasteiger charge is 2.44. The molecule has 29 heavy (non-hydrogen) atoms. The van der Waals surface area contributed by atoms with Crippen LogP contribution in [0, 0.1) is 11.1 Å². The van der Waals surface area contributed by atoms with Crippen molar-refractivity contribution in [2.75, 3.05) is 16.8 Å². The van der Waals surface area contributed by atoms with Crippen molar-refractivity contribution in [2.24, 2.45) is 11.0 Å². The number of rotatable bonds is 3. The van der Waals surface area contributed by atoms with E-state index in [1.165, 1.54) is 0 Å². The fourth-order valence-corrected chi connectivity index (χ4v) is 4.39. The molecule has 0 fully saturated rings. The molecular formula is C22H17BrN3O3-. The van der Waals surface area contributed by atoms with Crippen molar-refractivity contribution in [1.29, 1.82) is 0 Å². The standard InChI is InChI=1S/C22H17BrN3O3/c23-15-9-10-20-18(12-15)22-19(13-29-20)21(14-5-4-8-17(11-14)26(27)28)24-25(22)16-6-2-1-3-7-16/h1-12,19,22,27H,13H2/q-1. The Balaban J connectivity index is 1.65. The van der Waals surface area contributed by atoms with E-state index in [9.17, 15) is 10.4 Å². The van der Waals surface area contributed by atoms with Gasteiger partial charge in [0, 0.05) is 15.6 Å². The number of para-hydroxylation sites is 1. The van der Waals surface area contributed by atoms with Crippen LogP contribution in [0.4, 0.5) is 11.4 Å². The molecule has 0 radical (unpaired) electrons. The van der Waals surface area contributed by atoms with Gasteiger partial charge in [-0.05, 0) is 42.5 Å². The van der Waals surface area contributed by atoms with E-state index in [1.54, 1.807) is 18.2 Å². The third-order valence-corrected chi connectivity index (χ3v) is 5.80. The van der Waals surface area contributed by atoms with Crippen molar-refractivity contribution >= 4 is 33.0 Å². The summed E-state index contributed by atoms with van der Waals surface area (Å²) in [6.07, 6.45) is 0. The Morgan fingerprint density at radius 1 is 1.07 bits per heavy atom. The third kappa shape index (κ3) is 3.17. The second kappa shape index (κ2) is 7.18. The predicted molar refractivity (Wildman–Crippen MR) is 115 cm³/mol. The first kappa shape index (κ1) is 18.2. The summed E-state index contributed by atoms with van der Waals surface area (Å²) in [6, 6.07) is 22.8. The molecule has 2 unspecified atom stereocenters. The molecule has 1 N–H and O–H groups in total. The molecule has 0 saturated heterocycles. The van der Waals surface area contributed by atoms with E-state index in [0.29, 0.717) is 6.61 Å². The van der Waals surface area contributed by atoms with Gasteiger partial charge >= 0.3 is 0 Å². The Bertz CT molecular complexity index is 1090. The van der Waals surface area contributed by atoms with Crippen LogP contribution in [-0.4, -0.2) is 17.5 Å². The van der Waals surface area contributed by atoms with Crippen molar-refractivity contribution in [3.8, 4) is 5.75 Å². The molecule has 0 bridgehead atoms. The van der Waals surface area contributed by atoms with Crippen LogP contribution in [0.3, 0.4) is 0 Å². The fourth-order valence-electron chi connectivity index (χ4n) is 4.01. The molecule has 7 heteroatoms. The van der Waals surface area contributed by atoms with Crippen LogP contribution in [0.2, 0.25) is 0 Å². The van der Waals surface area contributed by atoms with E-state index >= 15 is 0 Å². The van der Waals surface area contributed by atoms with Gasteiger partial charge in [0.05, 0.1) is 35.7 Å². The van der Waals surface area contributed by atoms with E-state index in [-0.39, 0.29) is 22.9 Å². The zero-order valence-corrected chi connectivity index (χ0v) is 16.9. The molecule has 0 aliphatic carbocycles. The summed E-state index contributed by atoms with van der Waals surface area (Å²) in [5, 5.41) is 27.5. The monoisotopic (exact) mass is 450 g/mol. The Kier molecular flexibility index (Phi) is 4.50. The van der Waals surface area contributed by atoms with Gasteiger partial charge in [-0.15, -0.1) is 0 Å². The molecule has 6 nitrogen and oxygen atoms in total. The van der Waals surface area contributed by atoms with Crippen LogP contribution in [-0.2, 0) is 0 Å². The van der Waals surface area contributed by atoms with Gasteiger partial charge in [0.2, 0.25) is 0 Å². The number of hydrogen-bond acceptors (Lipinski definition) is 6. The number of hydrazone groups is 1. The molecule has 3 aromatic carbocycles. The zero-order chi connectivity index (χ0) is 20.0. The van der Waals surface area contributed by atoms with Gasteiger partial charge in [0.15, 0.2) is 0 Å². The van der Waals surface area contributed by atoms with Gasteiger partial charge in [-0.25, -0.2) is 0 Å². The zero-order valence-electron chi connectivity index (χ0n) is 15.3. The molecule has 0 saturated carbocycles. The molecule has 146 valence electrons. The van der Waals surface area contributed by atoms with Crippen LogP contribution < -0.4 is 15.0 Å². The summed E-state index contributed by atoms with van der Waals surface area (Å²) in [4.78, 5) is 0. The maximum absolute atomic E-state index is 11.4. The molecule has 2 atom stereocenters. The van der Waals surface area contributed by atoms with Crippen LogP contribution in [0.5, 0.6) is 5.75 Å². The Hall–Kier alpha value is -2.87. The second-order valence-corrected chi connectivity index (χ2v) is 7.95. The molecule has 0 aromatic heterocycles. The fraction of sp³-hybridized carbons (Fsp3) is 0.136. The van der Waals surface area contributed by atoms with Crippen molar-refractivity contribution in [3.05, 3.63) is 93.6 Å². The van der Waals surface area contributed by atoms with Crippen molar-refractivity contribution < 1.29 is 9.94 Å². The van der Waals surface area contributed by atoms with Crippen molar-refractivity contribution in [1.82, 2.24) is 0 Å². The van der Waals surface area contributed by atoms with E-state index in [0.717, 1.165) is 32.7 Å². The highest BCUT2D eigenvalue weighted by Crippen LogP contribution is 2.47.